The van der Waals surface area contributed by atoms with Gasteiger partial charge in [-0.3, -0.25) is 0 Å². The second-order valence-electron chi connectivity index (χ2n) is 4.40. The van der Waals surface area contributed by atoms with Crippen LogP contribution in [0.4, 0.5) is 5.82 Å². The molecule has 4 nitrogen and oxygen atoms in total. The SMILES string of the molecule is CCCCN(c1cnc(C(N)=S)cn1)C1CC1. The molecule has 0 aliphatic heterocycles. The van der Waals surface area contributed by atoms with Gasteiger partial charge >= 0.3 is 0 Å². The van der Waals surface area contributed by atoms with E-state index in [1.165, 1.54) is 25.7 Å². The smallest absolute Gasteiger partial charge is 0.147 e. The molecule has 1 saturated carbocycles. The first-order valence-electron chi connectivity index (χ1n) is 6.11. The van der Waals surface area contributed by atoms with Crippen molar-refractivity contribution in [1.82, 2.24) is 9.97 Å². The summed E-state index contributed by atoms with van der Waals surface area (Å²) in [5.41, 5.74) is 6.10. The van der Waals surface area contributed by atoms with Gasteiger partial charge in [0.1, 0.15) is 16.5 Å². The number of hydrogen-bond donors (Lipinski definition) is 1. The zero-order valence-electron chi connectivity index (χ0n) is 10.1. The van der Waals surface area contributed by atoms with Crippen LogP contribution < -0.4 is 10.6 Å². The summed E-state index contributed by atoms with van der Waals surface area (Å²) in [6.45, 7) is 3.26. The number of nitrogens with zero attached hydrogens (tertiary/aromatic N) is 3. The van der Waals surface area contributed by atoms with Gasteiger partial charge in [-0.15, -0.1) is 0 Å². The molecular formula is C12H18N4S. The number of hydrogen-bond acceptors (Lipinski definition) is 4. The van der Waals surface area contributed by atoms with Crippen LogP contribution in [0.2, 0.25) is 0 Å². The van der Waals surface area contributed by atoms with Gasteiger partial charge in [0.15, 0.2) is 0 Å². The Morgan fingerprint density at radius 3 is 2.71 bits per heavy atom. The van der Waals surface area contributed by atoms with E-state index in [-0.39, 0.29) is 0 Å². The molecule has 0 saturated heterocycles. The van der Waals surface area contributed by atoms with Crippen molar-refractivity contribution < 1.29 is 0 Å². The second kappa shape index (κ2) is 5.40. The van der Waals surface area contributed by atoms with E-state index in [9.17, 15) is 0 Å². The molecule has 2 N–H and O–H groups in total. The lowest BCUT2D eigenvalue weighted by Gasteiger charge is -2.22. The molecule has 1 aliphatic carbocycles. The van der Waals surface area contributed by atoms with Crippen LogP contribution in [0, 0.1) is 0 Å². The van der Waals surface area contributed by atoms with E-state index < -0.39 is 0 Å². The minimum Gasteiger partial charge on any atom is -0.388 e. The highest BCUT2D eigenvalue weighted by atomic mass is 32.1. The Hall–Kier alpha value is -1.23. The molecule has 5 heteroatoms. The van der Waals surface area contributed by atoms with Gasteiger partial charge in [-0.2, -0.15) is 0 Å². The molecule has 0 atom stereocenters. The topological polar surface area (TPSA) is 55.0 Å². The van der Waals surface area contributed by atoms with Crippen LogP contribution in [0.15, 0.2) is 12.4 Å². The Bertz CT molecular complexity index is 386. The molecule has 0 unspecified atom stereocenters. The third kappa shape index (κ3) is 3.12. The predicted octanol–water partition coefficient (Wildman–Crippen LogP) is 1.88. The first-order chi connectivity index (χ1) is 8.22. The van der Waals surface area contributed by atoms with Crippen LogP contribution in [0.1, 0.15) is 38.3 Å². The highest BCUT2D eigenvalue weighted by Gasteiger charge is 2.29. The monoisotopic (exact) mass is 250 g/mol. The summed E-state index contributed by atoms with van der Waals surface area (Å²) in [5, 5.41) is 0. The molecule has 0 radical (unpaired) electrons. The largest absolute Gasteiger partial charge is 0.388 e. The number of thiocarbonyl (C=S) groups is 1. The van der Waals surface area contributed by atoms with Gasteiger partial charge in [0.25, 0.3) is 0 Å². The fourth-order valence-electron chi connectivity index (χ4n) is 1.80. The average molecular weight is 250 g/mol. The van der Waals surface area contributed by atoms with Crippen LogP contribution >= 0.6 is 12.2 Å². The van der Waals surface area contributed by atoms with E-state index in [4.69, 9.17) is 18.0 Å². The van der Waals surface area contributed by atoms with Crippen LogP contribution in [-0.2, 0) is 0 Å². The molecule has 0 aromatic carbocycles. The second-order valence-corrected chi connectivity index (χ2v) is 4.84. The lowest BCUT2D eigenvalue weighted by atomic mass is 10.3. The zero-order chi connectivity index (χ0) is 12.3. The van der Waals surface area contributed by atoms with Gasteiger partial charge in [0, 0.05) is 12.6 Å². The van der Waals surface area contributed by atoms with Crippen molar-refractivity contribution in [2.45, 2.75) is 38.6 Å². The third-order valence-electron chi connectivity index (χ3n) is 2.93. The summed E-state index contributed by atoms with van der Waals surface area (Å²) in [5.74, 6) is 0.945. The van der Waals surface area contributed by atoms with Crippen molar-refractivity contribution in [2.75, 3.05) is 11.4 Å². The van der Waals surface area contributed by atoms with Gasteiger partial charge in [0.2, 0.25) is 0 Å². The highest BCUT2D eigenvalue weighted by molar-refractivity contribution is 7.80. The lowest BCUT2D eigenvalue weighted by Crippen LogP contribution is -2.28. The minimum absolute atomic E-state index is 0.301. The van der Waals surface area contributed by atoms with E-state index in [0.29, 0.717) is 16.7 Å². The molecule has 2 rings (SSSR count). The summed E-state index contributed by atoms with van der Waals surface area (Å²) in [7, 11) is 0. The number of nitrogens with two attached hydrogens (primary N) is 1. The third-order valence-corrected chi connectivity index (χ3v) is 3.13. The molecule has 0 amide bonds. The summed E-state index contributed by atoms with van der Waals surface area (Å²) in [4.78, 5) is 11.3. The van der Waals surface area contributed by atoms with Gasteiger partial charge in [-0.05, 0) is 19.3 Å². The molecule has 1 fully saturated rings. The fraction of sp³-hybridized carbons (Fsp3) is 0.583. The molecule has 0 spiro atoms. The van der Waals surface area contributed by atoms with Crippen molar-refractivity contribution >= 4 is 23.0 Å². The Labute approximate surface area is 107 Å². The van der Waals surface area contributed by atoms with E-state index >= 15 is 0 Å². The van der Waals surface area contributed by atoms with E-state index in [1.54, 1.807) is 12.4 Å². The fourth-order valence-corrected chi connectivity index (χ4v) is 1.90. The number of anilines is 1. The Morgan fingerprint density at radius 1 is 1.47 bits per heavy atom. The van der Waals surface area contributed by atoms with E-state index in [2.05, 4.69) is 21.8 Å². The van der Waals surface area contributed by atoms with Gasteiger partial charge in [0.05, 0.1) is 12.4 Å². The number of aromatic nitrogens is 2. The normalized spacial score (nSPS) is 14.6. The van der Waals surface area contributed by atoms with E-state index in [1.807, 2.05) is 0 Å². The van der Waals surface area contributed by atoms with Crippen LogP contribution in [0.25, 0.3) is 0 Å². The first-order valence-corrected chi connectivity index (χ1v) is 6.51. The number of rotatable bonds is 6. The van der Waals surface area contributed by atoms with Crippen molar-refractivity contribution in [2.24, 2.45) is 5.73 Å². The average Bonchev–Trinajstić information content (AvgIpc) is 3.14. The molecule has 1 aromatic rings. The molecule has 1 aliphatic rings. The molecular weight excluding hydrogens is 232 g/mol. The molecule has 17 heavy (non-hydrogen) atoms. The van der Waals surface area contributed by atoms with Crippen molar-refractivity contribution in [3.63, 3.8) is 0 Å². The summed E-state index contributed by atoms with van der Waals surface area (Å²) in [6, 6.07) is 0.659. The van der Waals surface area contributed by atoms with Crippen molar-refractivity contribution in [3.05, 3.63) is 18.1 Å². The Morgan fingerprint density at radius 2 is 2.24 bits per heavy atom. The maximum absolute atomic E-state index is 5.51. The maximum Gasteiger partial charge on any atom is 0.147 e. The van der Waals surface area contributed by atoms with Gasteiger partial charge in [-0.25, -0.2) is 9.97 Å². The number of unbranched alkanes of at least 4 members (excludes halogenated alkanes) is 1. The van der Waals surface area contributed by atoms with E-state index in [0.717, 1.165) is 12.4 Å². The zero-order valence-corrected chi connectivity index (χ0v) is 10.9. The quantitative estimate of drug-likeness (QED) is 0.781. The molecule has 92 valence electrons. The summed E-state index contributed by atoms with van der Waals surface area (Å²) >= 11 is 4.87. The predicted molar refractivity (Wildman–Crippen MR) is 73.2 cm³/mol. The Kier molecular flexibility index (Phi) is 3.89. The van der Waals surface area contributed by atoms with Gasteiger partial charge in [-0.1, -0.05) is 25.6 Å². The lowest BCUT2D eigenvalue weighted by molar-refractivity contribution is 0.703. The van der Waals surface area contributed by atoms with Crippen LogP contribution in [-0.4, -0.2) is 27.5 Å². The first kappa shape index (κ1) is 12.2. The maximum atomic E-state index is 5.51. The highest BCUT2D eigenvalue weighted by Crippen LogP contribution is 2.30. The standard InChI is InChI=1S/C12H18N4S/c1-2-3-6-16(9-4-5-9)11-8-14-10(7-15-11)12(13)17/h7-9H,2-6H2,1H3,(H2,13,17). The molecule has 1 aromatic heterocycles. The molecule has 1 heterocycles. The van der Waals surface area contributed by atoms with Crippen LogP contribution in [0.3, 0.4) is 0 Å². The van der Waals surface area contributed by atoms with Crippen molar-refractivity contribution in [1.29, 1.82) is 0 Å². The minimum atomic E-state index is 0.301. The van der Waals surface area contributed by atoms with Crippen LogP contribution in [0.5, 0.6) is 0 Å². The van der Waals surface area contributed by atoms with Crippen molar-refractivity contribution in [3.8, 4) is 0 Å². The molecule has 0 bridgehead atoms. The summed E-state index contributed by atoms with van der Waals surface area (Å²) in [6.07, 6.45) is 8.36. The Balaban J connectivity index is 2.09. The van der Waals surface area contributed by atoms with Gasteiger partial charge < -0.3 is 10.6 Å². The summed E-state index contributed by atoms with van der Waals surface area (Å²) < 4.78 is 0.